The number of likely N-dealkylation sites (tertiary alicyclic amines) is 1. The highest BCUT2D eigenvalue weighted by molar-refractivity contribution is 5.47. The molecule has 6 heteroatoms. The second-order valence-electron chi connectivity index (χ2n) is 6.05. The highest BCUT2D eigenvalue weighted by Gasteiger charge is 2.18. The first-order valence-electron chi connectivity index (χ1n) is 7.94. The largest absolute Gasteiger partial charge is 0.370 e. The Morgan fingerprint density at radius 2 is 1.95 bits per heavy atom. The van der Waals surface area contributed by atoms with Crippen LogP contribution in [-0.4, -0.2) is 41.0 Å². The highest BCUT2D eigenvalue weighted by atomic mass is 15.3. The number of hydrogen-bond donors (Lipinski definition) is 3. The van der Waals surface area contributed by atoms with Gasteiger partial charge in [0.1, 0.15) is 17.5 Å². The molecule has 0 radical (unpaired) electrons. The fraction of sp³-hybridized carbons (Fsp3) is 0.733. The number of aromatic nitrogens is 2. The Morgan fingerprint density at radius 3 is 2.52 bits per heavy atom. The number of nitrogens with one attached hydrogen (secondary N) is 2. The molecule has 1 aromatic rings. The van der Waals surface area contributed by atoms with E-state index in [0.29, 0.717) is 5.82 Å². The van der Waals surface area contributed by atoms with Gasteiger partial charge in [-0.15, -0.1) is 0 Å². The molecule has 0 amide bonds. The smallest absolute Gasteiger partial charge is 0.145 e. The van der Waals surface area contributed by atoms with E-state index in [2.05, 4.69) is 46.4 Å². The summed E-state index contributed by atoms with van der Waals surface area (Å²) in [6.07, 6.45) is 2.51. The Bertz CT molecular complexity index is 440. The molecule has 1 aliphatic rings. The van der Waals surface area contributed by atoms with Crippen molar-refractivity contribution in [3.05, 3.63) is 11.9 Å². The third-order valence-electron chi connectivity index (χ3n) is 4.13. The molecule has 1 aliphatic heterocycles. The summed E-state index contributed by atoms with van der Waals surface area (Å²) in [5.41, 5.74) is 2.62. The molecule has 0 aromatic carbocycles. The predicted octanol–water partition coefficient (Wildman–Crippen LogP) is 2.03. The van der Waals surface area contributed by atoms with Crippen molar-refractivity contribution in [2.24, 2.45) is 11.8 Å². The average molecular weight is 292 g/mol. The van der Waals surface area contributed by atoms with Gasteiger partial charge in [-0.2, -0.15) is 0 Å². The van der Waals surface area contributed by atoms with Crippen LogP contribution < -0.4 is 16.6 Å². The zero-order valence-electron chi connectivity index (χ0n) is 13.4. The van der Waals surface area contributed by atoms with Crippen LogP contribution in [0.15, 0.2) is 6.07 Å². The lowest BCUT2D eigenvalue weighted by molar-refractivity contribution is 0.198. The molecule has 0 spiro atoms. The molecule has 1 saturated heterocycles. The Labute approximate surface area is 127 Å². The van der Waals surface area contributed by atoms with Gasteiger partial charge in [0.15, 0.2) is 0 Å². The van der Waals surface area contributed by atoms with Crippen LogP contribution in [0.4, 0.5) is 11.6 Å². The zero-order chi connectivity index (χ0) is 15.2. The summed E-state index contributed by atoms with van der Waals surface area (Å²) >= 11 is 0. The summed E-state index contributed by atoms with van der Waals surface area (Å²) < 4.78 is 0. The summed E-state index contributed by atoms with van der Waals surface area (Å²) in [6, 6.07) is 1.87. The van der Waals surface area contributed by atoms with Crippen molar-refractivity contribution in [1.29, 1.82) is 0 Å². The number of nitrogen functional groups attached to an aromatic ring is 1. The van der Waals surface area contributed by atoms with E-state index in [0.717, 1.165) is 30.6 Å². The van der Waals surface area contributed by atoms with Gasteiger partial charge in [0, 0.05) is 18.5 Å². The van der Waals surface area contributed by atoms with Crippen LogP contribution in [0.3, 0.4) is 0 Å². The van der Waals surface area contributed by atoms with Gasteiger partial charge < -0.3 is 15.6 Å². The molecule has 4 N–H and O–H groups in total. The first-order chi connectivity index (χ1) is 10.1. The van der Waals surface area contributed by atoms with E-state index < -0.39 is 0 Å². The average Bonchev–Trinajstić information content (AvgIpc) is 2.53. The minimum atomic E-state index is 0.284. The predicted molar refractivity (Wildman–Crippen MR) is 87.3 cm³/mol. The summed E-state index contributed by atoms with van der Waals surface area (Å²) in [7, 11) is 0. The van der Waals surface area contributed by atoms with Crippen LogP contribution in [0, 0.1) is 5.92 Å². The van der Waals surface area contributed by atoms with Gasteiger partial charge in [-0.05, 0) is 38.4 Å². The van der Waals surface area contributed by atoms with E-state index >= 15 is 0 Å². The van der Waals surface area contributed by atoms with Crippen molar-refractivity contribution in [2.45, 2.75) is 39.5 Å². The molecule has 1 fully saturated rings. The zero-order valence-corrected chi connectivity index (χ0v) is 13.4. The Hall–Kier alpha value is -1.40. The van der Waals surface area contributed by atoms with Crippen LogP contribution in [0.25, 0.3) is 0 Å². The highest BCUT2D eigenvalue weighted by Crippen LogP contribution is 2.20. The third kappa shape index (κ3) is 4.54. The lowest BCUT2D eigenvalue weighted by atomic mass is 9.97. The first-order valence-corrected chi connectivity index (χ1v) is 7.94. The molecule has 21 heavy (non-hydrogen) atoms. The number of piperidine rings is 1. The maximum absolute atomic E-state index is 5.48. The van der Waals surface area contributed by atoms with Crippen LogP contribution in [-0.2, 0) is 0 Å². The molecule has 0 atom stereocenters. The van der Waals surface area contributed by atoms with Crippen molar-refractivity contribution in [2.75, 3.05) is 36.9 Å². The van der Waals surface area contributed by atoms with Crippen molar-refractivity contribution < 1.29 is 0 Å². The molecule has 6 nitrogen and oxygen atoms in total. The minimum Gasteiger partial charge on any atom is -0.370 e. The number of anilines is 2. The second kappa shape index (κ2) is 7.56. The second-order valence-corrected chi connectivity index (χ2v) is 6.05. The topological polar surface area (TPSA) is 79.1 Å². The van der Waals surface area contributed by atoms with Crippen molar-refractivity contribution in [3.8, 4) is 0 Å². The lowest BCUT2D eigenvalue weighted by Crippen LogP contribution is -2.35. The molecule has 1 aromatic heterocycles. The van der Waals surface area contributed by atoms with Gasteiger partial charge in [-0.25, -0.2) is 15.8 Å². The monoisotopic (exact) mass is 292 g/mol. The van der Waals surface area contributed by atoms with Crippen molar-refractivity contribution >= 4 is 11.6 Å². The van der Waals surface area contributed by atoms with Crippen molar-refractivity contribution in [1.82, 2.24) is 14.9 Å². The molecule has 2 rings (SSSR count). The van der Waals surface area contributed by atoms with E-state index in [9.17, 15) is 0 Å². The normalized spacial score (nSPS) is 17.2. The van der Waals surface area contributed by atoms with Crippen LogP contribution in [0.5, 0.6) is 0 Å². The molecule has 0 aliphatic carbocycles. The Kier molecular flexibility index (Phi) is 5.76. The van der Waals surface area contributed by atoms with Gasteiger partial charge in [0.05, 0.1) is 0 Å². The summed E-state index contributed by atoms with van der Waals surface area (Å²) in [5, 5.41) is 3.45. The molecule has 0 unspecified atom stereocenters. The number of hydrogen-bond acceptors (Lipinski definition) is 6. The first kappa shape index (κ1) is 16.0. The molecule has 2 heterocycles. The minimum absolute atomic E-state index is 0.284. The van der Waals surface area contributed by atoms with Crippen LogP contribution in [0.2, 0.25) is 0 Å². The van der Waals surface area contributed by atoms with E-state index in [1.165, 1.54) is 25.9 Å². The fourth-order valence-electron chi connectivity index (χ4n) is 2.64. The van der Waals surface area contributed by atoms with Crippen LogP contribution in [0.1, 0.15) is 45.4 Å². The molecule has 118 valence electrons. The van der Waals surface area contributed by atoms with E-state index in [1.807, 2.05) is 6.07 Å². The SMILES string of the molecule is CCN1CCC(CNc2cc(NN)nc(C(C)C)n2)CC1. The molecular formula is C15H28N6. The number of rotatable bonds is 6. The van der Waals surface area contributed by atoms with Gasteiger partial charge in [0.2, 0.25) is 0 Å². The Morgan fingerprint density at radius 1 is 1.29 bits per heavy atom. The quantitative estimate of drug-likeness (QED) is 0.550. The van der Waals surface area contributed by atoms with Gasteiger partial charge in [-0.3, -0.25) is 0 Å². The van der Waals surface area contributed by atoms with E-state index in [-0.39, 0.29) is 5.92 Å². The van der Waals surface area contributed by atoms with Gasteiger partial charge in [0.25, 0.3) is 0 Å². The molecule has 0 bridgehead atoms. The molecular weight excluding hydrogens is 264 g/mol. The fourth-order valence-corrected chi connectivity index (χ4v) is 2.64. The maximum Gasteiger partial charge on any atom is 0.145 e. The van der Waals surface area contributed by atoms with Gasteiger partial charge in [-0.1, -0.05) is 20.8 Å². The number of nitrogens with two attached hydrogens (primary N) is 1. The number of hydrazine groups is 1. The summed E-state index contributed by atoms with van der Waals surface area (Å²) in [6.45, 7) is 10.9. The lowest BCUT2D eigenvalue weighted by Gasteiger charge is -2.31. The maximum atomic E-state index is 5.48. The van der Waals surface area contributed by atoms with E-state index in [4.69, 9.17) is 5.84 Å². The summed E-state index contributed by atoms with van der Waals surface area (Å²) in [4.78, 5) is 11.4. The number of nitrogens with zero attached hydrogens (tertiary/aromatic N) is 3. The summed E-state index contributed by atoms with van der Waals surface area (Å²) in [5.74, 6) is 8.83. The van der Waals surface area contributed by atoms with Crippen LogP contribution >= 0.6 is 0 Å². The van der Waals surface area contributed by atoms with Gasteiger partial charge >= 0.3 is 0 Å². The van der Waals surface area contributed by atoms with Crippen molar-refractivity contribution in [3.63, 3.8) is 0 Å². The third-order valence-corrected chi connectivity index (χ3v) is 4.13. The Balaban J connectivity index is 1.92. The molecule has 0 saturated carbocycles. The standard InChI is InChI=1S/C15H28N6/c1-4-21-7-5-12(6-8-21)10-17-13-9-14(20-16)19-15(18-13)11(2)3/h9,11-12H,4-8,10,16H2,1-3H3,(H2,17,18,19,20). The van der Waals surface area contributed by atoms with E-state index in [1.54, 1.807) is 0 Å².